The fourth-order valence-corrected chi connectivity index (χ4v) is 3.41. The number of aliphatic hydroxyl groups excluding tert-OH is 1. The third-order valence-corrected chi connectivity index (χ3v) is 5.05. The van der Waals surface area contributed by atoms with Crippen molar-refractivity contribution in [2.75, 3.05) is 38.2 Å². The van der Waals surface area contributed by atoms with Crippen molar-refractivity contribution >= 4 is 5.69 Å². The van der Waals surface area contributed by atoms with Crippen LogP contribution >= 0.6 is 0 Å². The van der Waals surface area contributed by atoms with Crippen molar-refractivity contribution in [3.8, 4) is 11.5 Å². The zero-order valence-electron chi connectivity index (χ0n) is 16.2. The van der Waals surface area contributed by atoms with E-state index in [-0.39, 0.29) is 18.4 Å². The highest BCUT2D eigenvalue weighted by atomic mass is 19.4. The largest absolute Gasteiger partial charge is 0.573 e. The normalized spacial score (nSPS) is 17.3. The minimum absolute atomic E-state index is 0.0149. The molecule has 8 heteroatoms. The lowest BCUT2D eigenvalue weighted by atomic mass is 10.2. The fraction of sp³-hybridized carbons (Fsp3) is 0.429. The Bertz CT molecular complexity index is 766. The maximum atomic E-state index is 12.3. The molecule has 1 atom stereocenters. The molecule has 5 nitrogen and oxygen atoms in total. The van der Waals surface area contributed by atoms with Crippen LogP contribution in [0.25, 0.3) is 0 Å². The smallest absolute Gasteiger partial charge is 0.492 e. The molecule has 0 aromatic heterocycles. The number of benzene rings is 2. The Balaban J connectivity index is 1.44. The Kier molecular flexibility index (Phi) is 6.87. The summed E-state index contributed by atoms with van der Waals surface area (Å²) in [6.45, 7) is 3.19. The van der Waals surface area contributed by atoms with Crippen molar-refractivity contribution in [1.29, 1.82) is 0 Å². The summed E-state index contributed by atoms with van der Waals surface area (Å²) in [7, 11) is 1.95. The lowest BCUT2D eigenvalue weighted by Gasteiger charge is -2.27. The molecule has 0 amide bonds. The summed E-state index contributed by atoms with van der Waals surface area (Å²) in [4.78, 5) is 4.40. The summed E-state index contributed by atoms with van der Waals surface area (Å²) in [5.41, 5.74) is 1.70. The standard InChI is InChI=1S/C21H25F3N2O3/c1-25(17-4-8-20(9-5-17)29-21(22,23)24)18-10-11-26(14-18)12-13-28-19-6-2-16(15-27)3-7-19/h2-9,18,27H,10-15H2,1H3. The molecule has 0 bridgehead atoms. The summed E-state index contributed by atoms with van der Waals surface area (Å²) in [5, 5.41) is 9.06. The van der Waals surface area contributed by atoms with Gasteiger partial charge in [0.1, 0.15) is 18.1 Å². The predicted molar refractivity (Wildman–Crippen MR) is 104 cm³/mol. The minimum atomic E-state index is -4.68. The lowest BCUT2D eigenvalue weighted by molar-refractivity contribution is -0.274. The number of hydrogen-bond acceptors (Lipinski definition) is 5. The van der Waals surface area contributed by atoms with Crippen LogP contribution in [0.5, 0.6) is 11.5 Å². The van der Waals surface area contributed by atoms with Crippen molar-refractivity contribution in [3.05, 3.63) is 54.1 Å². The SMILES string of the molecule is CN(c1ccc(OC(F)(F)F)cc1)C1CCN(CCOc2ccc(CO)cc2)C1. The van der Waals surface area contributed by atoms with Gasteiger partial charge in [-0.1, -0.05) is 12.1 Å². The van der Waals surface area contributed by atoms with Crippen LogP contribution < -0.4 is 14.4 Å². The molecule has 0 saturated carbocycles. The maximum Gasteiger partial charge on any atom is 0.573 e. The molecule has 29 heavy (non-hydrogen) atoms. The third-order valence-electron chi connectivity index (χ3n) is 5.05. The zero-order chi connectivity index (χ0) is 20.9. The van der Waals surface area contributed by atoms with Gasteiger partial charge in [0, 0.05) is 38.4 Å². The fourth-order valence-electron chi connectivity index (χ4n) is 3.41. The van der Waals surface area contributed by atoms with E-state index in [4.69, 9.17) is 9.84 Å². The monoisotopic (exact) mass is 410 g/mol. The Hall–Kier alpha value is -2.45. The molecule has 2 aromatic carbocycles. The van der Waals surface area contributed by atoms with E-state index in [2.05, 4.69) is 14.5 Å². The molecule has 0 radical (unpaired) electrons. The number of nitrogens with zero attached hydrogens (tertiary/aromatic N) is 2. The number of hydrogen-bond donors (Lipinski definition) is 1. The summed E-state index contributed by atoms with van der Waals surface area (Å²) in [6.07, 6.45) is -3.70. The van der Waals surface area contributed by atoms with Gasteiger partial charge in [0.15, 0.2) is 0 Å². The van der Waals surface area contributed by atoms with E-state index in [0.29, 0.717) is 6.61 Å². The van der Waals surface area contributed by atoms with E-state index < -0.39 is 6.36 Å². The molecule has 1 unspecified atom stereocenters. The highest BCUT2D eigenvalue weighted by Gasteiger charge is 2.31. The summed E-state index contributed by atoms with van der Waals surface area (Å²) in [5.74, 6) is 0.558. The number of anilines is 1. The van der Waals surface area contributed by atoms with Crippen LogP contribution in [-0.4, -0.2) is 55.7 Å². The number of likely N-dealkylation sites (tertiary alicyclic amines) is 1. The van der Waals surface area contributed by atoms with Crippen LogP contribution in [0.1, 0.15) is 12.0 Å². The number of rotatable bonds is 8. The molecule has 1 fully saturated rings. The average molecular weight is 410 g/mol. The van der Waals surface area contributed by atoms with E-state index in [9.17, 15) is 13.2 Å². The lowest BCUT2D eigenvalue weighted by Crippen LogP contribution is -2.35. The number of halogens is 3. The Labute approximate surface area is 168 Å². The second-order valence-corrected chi connectivity index (χ2v) is 7.05. The molecule has 1 heterocycles. The number of alkyl halides is 3. The Morgan fingerprint density at radius 1 is 1.07 bits per heavy atom. The van der Waals surface area contributed by atoms with Gasteiger partial charge in [-0.25, -0.2) is 0 Å². The number of ether oxygens (including phenoxy) is 2. The highest BCUT2D eigenvalue weighted by molar-refractivity contribution is 5.49. The van der Waals surface area contributed by atoms with Crippen LogP contribution in [0.4, 0.5) is 18.9 Å². The molecule has 1 N–H and O–H groups in total. The van der Waals surface area contributed by atoms with Gasteiger partial charge >= 0.3 is 6.36 Å². The predicted octanol–water partition coefficient (Wildman–Crippen LogP) is 3.67. The van der Waals surface area contributed by atoms with E-state index in [0.717, 1.165) is 43.1 Å². The van der Waals surface area contributed by atoms with Crippen LogP contribution in [0, 0.1) is 0 Å². The van der Waals surface area contributed by atoms with Crippen LogP contribution in [0.2, 0.25) is 0 Å². The zero-order valence-corrected chi connectivity index (χ0v) is 16.2. The van der Waals surface area contributed by atoms with E-state index in [1.807, 2.05) is 31.3 Å². The van der Waals surface area contributed by atoms with Crippen LogP contribution in [0.3, 0.4) is 0 Å². The minimum Gasteiger partial charge on any atom is -0.492 e. The molecule has 1 aliphatic heterocycles. The average Bonchev–Trinajstić information content (AvgIpc) is 3.16. The van der Waals surface area contributed by atoms with Gasteiger partial charge in [-0.2, -0.15) is 0 Å². The topological polar surface area (TPSA) is 45.2 Å². The molecule has 2 aromatic rings. The molecule has 0 aliphatic carbocycles. The first-order valence-electron chi connectivity index (χ1n) is 9.47. The second-order valence-electron chi connectivity index (χ2n) is 7.05. The van der Waals surface area contributed by atoms with Crippen molar-refractivity contribution < 1.29 is 27.8 Å². The van der Waals surface area contributed by atoms with E-state index >= 15 is 0 Å². The Morgan fingerprint density at radius 2 is 1.72 bits per heavy atom. The van der Waals surface area contributed by atoms with Gasteiger partial charge < -0.3 is 19.5 Å². The first kappa shape index (κ1) is 21.3. The molecule has 3 rings (SSSR count). The molecule has 1 saturated heterocycles. The maximum absolute atomic E-state index is 12.3. The van der Waals surface area contributed by atoms with Gasteiger partial charge in [0.05, 0.1) is 6.61 Å². The van der Waals surface area contributed by atoms with Crippen molar-refractivity contribution in [1.82, 2.24) is 4.90 Å². The first-order valence-corrected chi connectivity index (χ1v) is 9.47. The number of aliphatic hydroxyl groups is 1. The molecular formula is C21H25F3N2O3. The van der Waals surface area contributed by atoms with E-state index in [1.165, 1.54) is 12.1 Å². The Morgan fingerprint density at radius 3 is 2.34 bits per heavy atom. The van der Waals surface area contributed by atoms with Gasteiger partial charge in [0.25, 0.3) is 0 Å². The van der Waals surface area contributed by atoms with Gasteiger partial charge in [-0.15, -0.1) is 13.2 Å². The molecule has 1 aliphatic rings. The molecule has 158 valence electrons. The first-order chi connectivity index (χ1) is 13.8. The molecule has 0 spiro atoms. The van der Waals surface area contributed by atoms with Crippen molar-refractivity contribution in [2.45, 2.75) is 25.4 Å². The van der Waals surface area contributed by atoms with Gasteiger partial charge in [0.2, 0.25) is 0 Å². The van der Waals surface area contributed by atoms with Crippen molar-refractivity contribution in [2.24, 2.45) is 0 Å². The summed E-state index contributed by atoms with van der Waals surface area (Å²) >= 11 is 0. The van der Waals surface area contributed by atoms with Crippen molar-refractivity contribution in [3.63, 3.8) is 0 Å². The van der Waals surface area contributed by atoms with Gasteiger partial charge in [-0.05, 0) is 48.4 Å². The third kappa shape index (κ3) is 6.27. The summed E-state index contributed by atoms with van der Waals surface area (Å²) < 4.78 is 46.5. The van der Waals surface area contributed by atoms with Crippen LogP contribution in [0.15, 0.2) is 48.5 Å². The number of likely N-dealkylation sites (N-methyl/N-ethyl adjacent to an activating group) is 1. The quantitative estimate of drug-likeness (QED) is 0.720. The van der Waals surface area contributed by atoms with Gasteiger partial charge in [-0.3, -0.25) is 4.90 Å². The van der Waals surface area contributed by atoms with E-state index in [1.54, 1.807) is 12.1 Å². The highest BCUT2D eigenvalue weighted by Crippen LogP contribution is 2.27. The summed E-state index contributed by atoms with van der Waals surface area (Å²) in [6, 6.07) is 13.6. The second kappa shape index (κ2) is 9.37. The molecular weight excluding hydrogens is 385 g/mol. The van der Waals surface area contributed by atoms with Crippen LogP contribution in [-0.2, 0) is 6.61 Å².